The molecular formula is C16H14FNO4. The second-order valence-electron chi connectivity index (χ2n) is 4.65. The Morgan fingerprint density at radius 2 is 1.95 bits per heavy atom. The molecule has 22 heavy (non-hydrogen) atoms. The van der Waals surface area contributed by atoms with E-state index in [2.05, 4.69) is 5.32 Å². The lowest BCUT2D eigenvalue weighted by Crippen LogP contribution is -2.20. The van der Waals surface area contributed by atoms with E-state index in [9.17, 15) is 9.18 Å². The number of amides is 1. The van der Waals surface area contributed by atoms with Gasteiger partial charge in [0.25, 0.3) is 5.91 Å². The summed E-state index contributed by atoms with van der Waals surface area (Å²) in [6, 6.07) is 10.8. The minimum Gasteiger partial charge on any atom is -0.486 e. The topological polar surface area (TPSA) is 56.8 Å². The van der Waals surface area contributed by atoms with Crippen molar-refractivity contribution in [2.75, 3.05) is 25.1 Å². The van der Waals surface area contributed by atoms with Crippen molar-refractivity contribution in [2.45, 2.75) is 0 Å². The van der Waals surface area contributed by atoms with Crippen LogP contribution in [-0.4, -0.2) is 25.7 Å². The van der Waals surface area contributed by atoms with E-state index in [0.717, 1.165) is 0 Å². The van der Waals surface area contributed by atoms with Gasteiger partial charge in [-0.05, 0) is 30.3 Å². The molecule has 0 unspecified atom stereocenters. The Kier molecular flexibility index (Phi) is 4.09. The zero-order valence-electron chi connectivity index (χ0n) is 11.7. The number of hydrogen-bond acceptors (Lipinski definition) is 4. The van der Waals surface area contributed by atoms with Crippen LogP contribution in [0, 0.1) is 5.82 Å². The maximum atomic E-state index is 13.0. The largest absolute Gasteiger partial charge is 0.486 e. The number of anilines is 1. The Labute approximate surface area is 126 Å². The first kappa shape index (κ1) is 14.2. The number of fused-ring (bicyclic) bond motifs is 1. The van der Waals surface area contributed by atoms with Crippen LogP contribution >= 0.6 is 0 Å². The lowest BCUT2D eigenvalue weighted by molar-refractivity contribution is -0.118. The molecule has 5 nitrogen and oxygen atoms in total. The standard InChI is InChI=1S/C16H14FNO4/c17-11-2-1-3-12(8-11)18-16(19)10-22-13-4-5-14-15(9-13)21-7-6-20-14/h1-5,8-9H,6-7,10H2,(H,18,19). The minimum absolute atomic E-state index is 0.184. The molecule has 6 heteroatoms. The van der Waals surface area contributed by atoms with Crippen LogP contribution in [0.25, 0.3) is 0 Å². The Morgan fingerprint density at radius 1 is 1.14 bits per heavy atom. The van der Waals surface area contributed by atoms with Crippen LogP contribution in [0.15, 0.2) is 42.5 Å². The number of benzene rings is 2. The van der Waals surface area contributed by atoms with E-state index >= 15 is 0 Å². The molecule has 0 radical (unpaired) electrons. The fourth-order valence-corrected chi connectivity index (χ4v) is 2.03. The molecule has 0 fully saturated rings. The maximum Gasteiger partial charge on any atom is 0.262 e. The van der Waals surface area contributed by atoms with Gasteiger partial charge in [-0.1, -0.05) is 6.07 Å². The Balaban J connectivity index is 1.57. The van der Waals surface area contributed by atoms with Gasteiger partial charge in [0.1, 0.15) is 24.8 Å². The number of carbonyl (C=O) groups is 1. The SMILES string of the molecule is O=C(COc1ccc2c(c1)OCCO2)Nc1cccc(F)c1. The van der Waals surface area contributed by atoms with E-state index in [1.165, 1.54) is 18.2 Å². The van der Waals surface area contributed by atoms with Gasteiger partial charge in [0.2, 0.25) is 0 Å². The molecule has 0 bridgehead atoms. The highest BCUT2D eigenvalue weighted by Gasteiger charge is 2.13. The average molecular weight is 303 g/mol. The van der Waals surface area contributed by atoms with Crippen molar-refractivity contribution in [3.05, 3.63) is 48.3 Å². The van der Waals surface area contributed by atoms with Gasteiger partial charge in [0, 0.05) is 11.8 Å². The highest BCUT2D eigenvalue weighted by Crippen LogP contribution is 2.33. The van der Waals surface area contributed by atoms with E-state index < -0.39 is 5.82 Å². The van der Waals surface area contributed by atoms with Crippen molar-refractivity contribution in [1.29, 1.82) is 0 Å². The maximum absolute atomic E-state index is 13.0. The molecule has 1 heterocycles. The second kappa shape index (κ2) is 6.34. The van der Waals surface area contributed by atoms with Gasteiger partial charge in [-0.3, -0.25) is 4.79 Å². The highest BCUT2D eigenvalue weighted by molar-refractivity contribution is 5.91. The number of halogens is 1. The quantitative estimate of drug-likeness (QED) is 0.943. The third-order valence-electron chi connectivity index (χ3n) is 2.99. The van der Waals surface area contributed by atoms with Crippen LogP contribution in [-0.2, 0) is 4.79 Å². The van der Waals surface area contributed by atoms with Crippen LogP contribution < -0.4 is 19.5 Å². The van der Waals surface area contributed by atoms with Crippen LogP contribution in [0.5, 0.6) is 17.2 Å². The summed E-state index contributed by atoms with van der Waals surface area (Å²) in [5.41, 5.74) is 0.385. The van der Waals surface area contributed by atoms with Gasteiger partial charge in [-0.15, -0.1) is 0 Å². The van der Waals surface area contributed by atoms with E-state index in [1.54, 1.807) is 24.3 Å². The lowest BCUT2D eigenvalue weighted by atomic mass is 10.3. The second-order valence-corrected chi connectivity index (χ2v) is 4.65. The van der Waals surface area contributed by atoms with Crippen LogP contribution in [0.3, 0.4) is 0 Å². The molecule has 0 spiro atoms. The molecule has 1 amide bonds. The van der Waals surface area contributed by atoms with E-state index in [0.29, 0.717) is 36.1 Å². The molecule has 1 aliphatic heterocycles. The molecule has 3 rings (SSSR count). The predicted molar refractivity (Wildman–Crippen MR) is 78.0 cm³/mol. The van der Waals surface area contributed by atoms with Crippen LogP contribution in [0.1, 0.15) is 0 Å². The molecule has 2 aromatic rings. The lowest BCUT2D eigenvalue weighted by Gasteiger charge is -2.18. The molecule has 2 aromatic carbocycles. The van der Waals surface area contributed by atoms with Crippen LogP contribution in [0.4, 0.5) is 10.1 Å². The fourth-order valence-electron chi connectivity index (χ4n) is 2.03. The van der Waals surface area contributed by atoms with Crippen molar-refractivity contribution < 1.29 is 23.4 Å². The Bertz CT molecular complexity index is 690. The summed E-state index contributed by atoms with van der Waals surface area (Å²) in [6.45, 7) is 0.815. The van der Waals surface area contributed by atoms with Gasteiger partial charge >= 0.3 is 0 Å². The summed E-state index contributed by atoms with van der Waals surface area (Å²) >= 11 is 0. The third kappa shape index (κ3) is 3.46. The summed E-state index contributed by atoms with van der Waals surface area (Å²) in [4.78, 5) is 11.8. The fraction of sp³-hybridized carbons (Fsp3) is 0.188. The van der Waals surface area contributed by atoms with E-state index in [-0.39, 0.29) is 12.5 Å². The predicted octanol–water partition coefficient (Wildman–Crippen LogP) is 2.61. The first-order valence-corrected chi connectivity index (χ1v) is 6.78. The molecule has 0 saturated heterocycles. The average Bonchev–Trinajstić information content (AvgIpc) is 2.53. The van der Waals surface area contributed by atoms with Gasteiger partial charge < -0.3 is 19.5 Å². The normalized spacial score (nSPS) is 12.6. The molecule has 0 aromatic heterocycles. The van der Waals surface area contributed by atoms with Gasteiger partial charge in [0.15, 0.2) is 18.1 Å². The summed E-state index contributed by atoms with van der Waals surface area (Å²) < 4.78 is 29.2. The Hall–Kier alpha value is -2.76. The van der Waals surface area contributed by atoms with E-state index in [1.807, 2.05) is 0 Å². The number of carbonyl (C=O) groups excluding carboxylic acids is 1. The van der Waals surface area contributed by atoms with Crippen molar-refractivity contribution in [1.82, 2.24) is 0 Å². The zero-order valence-corrected chi connectivity index (χ0v) is 11.7. The summed E-state index contributed by atoms with van der Waals surface area (Å²) in [5.74, 6) is 0.960. The molecule has 1 N–H and O–H groups in total. The zero-order chi connectivity index (χ0) is 15.4. The Morgan fingerprint density at radius 3 is 2.77 bits per heavy atom. The number of ether oxygens (including phenoxy) is 3. The summed E-state index contributed by atoms with van der Waals surface area (Å²) in [7, 11) is 0. The first-order chi connectivity index (χ1) is 10.7. The van der Waals surface area contributed by atoms with Crippen molar-refractivity contribution >= 4 is 11.6 Å². The molecular weight excluding hydrogens is 289 g/mol. The monoisotopic (exact) mass is 303 g/mol. The molecule has 114 valence electrons. The van der Waals surface area contributed by atoms with Crippen molar-refractivity contribution in [3.8, 4) is 17.2 Å². The smallest absolute Gasteiger partial charge is 0.262 e. The first-order valence-electron chi connectivity index (χ1n) is 6.78. The van der Waals surface area contributed by atoms with Crippen LogP contribution in [0.2, 0.25) is 0 Å². The van der Waals surface area contributed by atoms with Crippen molar-refractivity contribution in [3.63, 3.8) is 0 Å². The third-order valence-corrected chi connectivity index (χ3v) is 2.99. The minimum atomic E-state index is -0.412. The highest BCUT2D eigenvalue weighted by atomic mass is 19.1. The van der Waals surface area contributed by atoms with Gasteiger partial charge in [-0.25, -0.2) is 4.39 Å². The summed E-state index contributed by atoms with van der Waals surface area (Å²) in [6.07, 6.45) is 0. The van der Waals surface area contributed by atoms with Gasteiger partial charge in [-0.2, -0.15) is 0 Å². The molecule has 0 atom stereocenters. The van der Waals surface area contributed by atoms with E-state index in [4.69, 9.17) is 14.2 Å². The van der Waals surface area contributed by atoms with Gasteiger partial charge in [0.05, 0.1) is 0 Å². The number of nitrogens with one attached hydrogen (secondary N) is 1. The number of rotatable bonds is 4. The van der Waals surface area contributed by atoms with Crippen molar-refractivity contribution in [2.24, 2.45) is 0 Å². The molecule has 0 aliphatic carbocycles. The summed E-state index contributed by atoms with van der Waals surface area (Å²) in [5, 5.41) is 2.56. The molecule has 0 saturated carbocycles. The molecule has 1 aliphatic rings. The number of hydrogen-bond donors (Lipinski definition) is 1.